The summed E-state index contributed by atoms with van der Waals surface area (Å²) in [5, 5.41) is 4.60. The van der Waals surface area contributed by atoms with Gasteiger partial charge >= 0.3 is 0 Å². The van der Waals surface area contributed by atoms with Gasteiger partial charge in [0, 0.05) is 36.1 Å². The fourth-order valence-electron chi connectivity index (χ4n) is 2.81. The zero-order valence-electron chi connectivity index (χ0n) is 14.7. The van der Waals surface area contributed by atoms with Gasteiger partial charge in [0.05, 0.1) is 17.2 Å². The van der Waals surface area contributed by atoms with Crippen LogP contribution in [-0.2, 0) is 6.54 Å². The van der Waals surface area contributed by atoms with Gasteiger partial charge in [-0.1, -0.05) is 65.7 Å². The van der Waals surface area contributed by atoms with Gasteiger partial charge in [0.1, 0.15) is 5.75 Å². The second kappa shape index (κ2) is 8.54. The van der Waals surface area contributed by atoms with Crippen LogP contribution in [0.3, 0.4) is 0 Å². The number of ether oxygens (including phenoxy) is 1. The van der Waals surface area contributed by atoms with Crippen molar-refractivity contribution in [3.05, 3.63) is 82.1 Å². The van der Waals surface area contributed by atoms with E-state index in [1.54, 1.807) is 19.5 Å². The van der Waals surface area contributed by atoms with Crippen LogP contribution >= 0.6 is 23.2 Å². The molecule has 0 aliphatic rings. The van der Waals surface area contributed by atoms with E-state index in [-0.39, 0.29) is 6.04 Å². The number of aromatic nitrogens is 1. The molecule has 0 spiro atoms. The molecule has 5 heteroatoms. The van der Waals surface area contributed by atoms with E-state index in [2.05, 4.69) is 47.6 Å². The van der Waals surface area contributed by atoms with Crippen molar-refractivity contribution >= 4 is 23.2 Å². The Hall–Kier alpha value is -2.07. The number of pyridine rings is 1. The van der Waals surface area contributed by atoms with Crippen LogP contribution in [0.2, 0.25) is 10.0 Å². The second-order valence-corrected chi connectivity index (χ2v) is 6.82. The largest absolute Gasteiger partial charge is 0.496 e. The van der Waals surface area contributed by atoms with Gasteiger partial charge in [0.25, 0.3) is 0 Å². The third kappa shape index (κ3) is 4.18. The molecule has 1 aromatic heterocycles. The minimum Gasteiger partial charge on any atom is -0.496 e. The zero-order chi connectivity index (χ0) is 18.5. The highest BCUT2D eigenvalue weighted by molar-refractivity contribution is 6.35. The van der Waals surface area contributed by atoms with Gasteiger partial charge < -0.3 is 10.1 Å². The van der Waals surface area contributed by atoms with E-state index >= 15 is 0 Å². The van der Waals surface area contributed by atoms with E-state index in [4.69, 9.17) is 27.9 Å². The van der Waals surface area contributed by atoms with Crippen LogP contribution in [0.5, 0.6) is 5.75 Å². The molecule has 0 amide bonds. The summed E-state index contributed by atoms with van der Waals surface area (Å²) in [7, 11) is 1.69. The number of hydrogen-bond acceptors (Lipinski definition) is 3. The first-order valence-corrected chi connectivity index (χ1v) is 9.10. The molecule has 0 aliphatic heterocycles. The zero-order valence-corrected chi connectivity index (χ0v) is 16.2. The minimum atomic E-state index is 0.155. The maximum Gasteiger partial charge on any atom is 0.126 e. The van der Waals surface area contributed by atoms with Crippen molar-refractivity contribution < 1.29 is 4.74 Å². The van der Waals surface area contributed by atoms with Crippen molar-refractivity contribution in [3.8, 4) is 16.9 Å². The Morgan fingerprint density at radius 1 is 1.00 bits per heavy atom. The van der Waals surface area contributed by atoms with E-state index in [1.807, 2.05) is 18.2 Å². The summed E-state index contributed by atoms with van der Waals surface area (Å²) < 4.78 is 5.44. The third-order valence-corrected chi connectivity index (χ3v) is 5.02. The fraction of sp³-hybridized carbons (Fsp3) is 0.190. The number of rotatable bonds is 6. The molecule has 3 rings (SSSR count). The number of para-hydroxylation sites is 1. The van der Waals surface area contributed by atoms with Gasteiger partial charge in [-0.15, -0.1) is 0 Å². The summed E-state index contributed by atoms with van der Waals surface area (Å²) in [5.74, 6) is 0.869. The molecule has 1 N–H and O–H groups in total. The maximum absolute atomic E-state index is 6.18. The molecule has 0 saturated carbocycles. The molecule has 3 aromatic rings. The van der Waals surface area contributed by atoms with Crippen LogP contribution in [0.25, 0.3) is 11.1 Å². The first-order valence-electron chi connectivity index (χ1n) is 8.34. The van der Waals surface area contributed by atoms with E-state index in [0.717, 1.165) is 22.4 Å². The summed E-state index contributed by atoms with van der Waals surface area (Å²) in [4.78, 5) is 3.98. The van der Waals surface area contributed by atoms with Crippen LogP contribution in [0.1, 0.15) is 24.1 Å². The number of hydrogen-bond donors (Lipinski definition) is 1. The fourth-order valence-corrected chi connectivity index (χ4v) is 3.31. The Morgan fingerprint density at radius 3 is 2.31 bits per heavy atom. The average molecular weight is 387 g/mol. The predicted octanol–water partition coefficient (Wildman–Crippen LogP) is 5.91. The van der Waals surface area contributed by atoms with Crippen molar-refractivity contribution in [1.29, 1.82) is 0 Å². The maximum atomic E-state index is 6.18. The first kappa shape index (κ1) is 18.7. The Labute approximate surface area is 163 Å². The highest BCUT2D eigenvalue weighted by Crippen LogP contribution is 2.30. The van der Waals surface area contributed by atoms with Crippen LogP contribution in [0.4, 0.5) is 0 Å². The molecule has 0 radical (unpaired) electrons. The van der Waals surface area contributed by atoms with Gasteiger partial charge in [-0.25, -0.2) is 0 Å². The number of nitrogens with zero attached hydrogens (tertiary/aromatic N) is 1. The lowest BCUT2D eigenvalue weighted by Gasteiger charge is -2.16. The lowest BCUT2D eigenvalue weighted by atomic mass is 10.0. The lowest BCUT2D eigenvalue weighted by molar-refractivity contribution is 0.416. The van der Waals surface area contributed by atoms with Crippen molar-refractivity contribution in [3.63, 3.8) is 0 Å². The van der Waals surface area contributed by atoms with Crippen molar-refractivity contribution in [2.45, 2.75) is 19.5 Å². The van der Waals surface area contributed by atoms with Gasteiger partial charge in [-0.05, 0) is 24.1 Å². The van der Waals surface area contributed by atoms with Gasteiger partial charge in [0.2, 0.25) is 0 Å². The molecule has 134 valence electrons. The minimum absolute atomic E-state index is 0.155. The quantitative estimate of drug-likeness (QED) is 0.571. The monoisotopic (exact) mass is 386 g/mol. The van der Waals surface area contributed by atoms with E-state index in [9.17, 15) is 0 Å². The molecule has 1 heterocycles. The predicted molar refractivity (Wildman–Crippen MR) is 108 cm³/mol. The molecular formula is C21H20Cl2N2O. The Bertz CT molecular complexity index is 861. The summed E-state index contributed by atoms with van der Waals surface area (Å²) in [6, 6.07) is 16.6. The average Bonchev–Trinajstić information content (AvgIpc) is 2.67. The highest BCUT2D eigenvalue weighted by atomic mass is 35.5. The van der Waals surface area contributed by atoms with Crippen LogP contribution in [0, 0.1) is 0 Å². The van der Waals surface area contributed by atoms with Gasteiger partial charge in [0.15, 0.2) is 0 Å². The second-order valence-electron chi connectivity index (χ2n) is 6.01. The molecular weight excluding hydrogens is 367 g/mol. The van der Waals surface area contributed by atoms with Gasteiger partial charge in [-0.3, -0.25) is 4.98 Å². The van der Waals surface area contributed by atoms with E-state index in [0.29, 0.717) is 16.6 Å². The molecule has 0 bridgehead atoms. The Balaban J connectivity index is 1.72. The molecule has 3 nitrogen and oxygen atoms in total. The van der Waals surface area contributed by atoms with E-state index < -0.39 is 0 Å². The molecule has 2 aromatic carbocycles. The Morgan fingerprint density at radius 2 is 1.65 bits per heavy atom. The number of nitrogens with one attached hydrogen (secondary N) is 1. The molecule has 0 aliphatic carbocycles. The molecule has 0 saturated heterocycles. The lowest BCUT2D eigenvalue weighted by Crippen LogP contribution is -2.18. The Kier molecular flexibility index (Phi) is 6.15. The first-order chi connectivity index (χ1) is 12.6. The highest BCUT2D eigenvalue weighted by Gasteiger charge is 2.11. The van der Waals surface area contributed by atoms with Crippen LogP contribution < -0.4 is 10.1 Å². The third-order valence-electron chi connectivity index (χ3n) is 4.37. The smallest absolute Gasteiger partial charge is 0.126 e. The van der Waals surface area contributed by atoms with Crippen molar-refractivity contribution in [1.82, 2.24) is 10.3 Å². The molecule has 1 unspecified atom stereocenters. The van der Waals surface area contributed by atoms with E-state index in [1.165, 1.54) is 5.56 Å². The number of methoxy groups -OCH3 is 1. The molecule has 1 atom stereocenters. The summed E-state index contributed by atoms with van der Waals surface area (Å²) in [6.45, 7) is 2.69. The summed E-state index contributed by atoms with van der Waals surface area (Å²) in [6.07, 6.45) is 3.22. The van der Waals surface area contributed by atoms with Crippen LogP contribution in [-0.4, -0.2) is 12.1 Å². The molecule has 26 heavy (non-hydrogen) atoms. The summed E-state index contributed by atoms with van der Waals surface area (Å²) in [5.41, 5.74) is 4.25. The standard InChI is InChI=1S/C21H20Cl2N2O/c1-14(25-11-18-19(22)12-24-13-20(18)23)15-7-9-16(10-8-15)17-5-3-4-6-21(17)26-2/h3-10,12-14,25H,11H2,1-2H3. The van der Waals surface area contributed by atoms with Gasteiger partial charge in [-0.2, -0.15) is 0 Å². The molecule has 0 fully saturated rings. The van der Waals surface area contributed by atoms with Crippen LogP contribution in [0.15, 0.2) is 60.9 Å². The van der Waals surface area contributed by atoms with Crippen molar-refractivity contribution in [2.75, 3.05) is 7.11 Å². The number of halogens is 2. The topological polar surface area (TPSA) is 34.1 Å². The SMILES string of the molecule is COc1ccccc1-c1ccc(C(C)NCc2c(Cl)cncc2Cl)cc1. The van der Waals surface area contributed by atoms with Crippen molar-refractivity contribution in [2.24, 2.45) is 0 Å². The summed E-state index contributed by atoms with van der Waals surface area (Å²) >= 11 is 12.4. The number of benzene rings is 2. The normalized spacial score (nSPS) is 12.0.